The zero-order valence-corrected chi connectivity index (χ0v) is 8.18. The molecule has 0 heterocycles. The molecule has 0 aliphatic carbocycles. The Labute approximate surface area is 80.8 Å². The van der Waals surface area contributed by atoms with Crippen molar-refractivity contribution in [1.29, 1.82) is 0 Å². The lowest BCUT2D eigenvalue weighted by Gasteiger charge is -2.23. The second kappa shape index (κ2) is 6.54. The lowest BCUT2D eigenvalue weighted by atomic mass is 9.97. The Hall–Kier alpha value is -0.960. The molecule has 0 aromatic carbocycles. The highest BCUT2D eigenvalue weighted by molar-refractivity contribution is 4.87. The van der Waals surface area contributed by atoms with Gasteiger partial charge in [-0.15, -0.1) is 18.8 Å². The molecule has 0 bridgehead atoms. The third-order valence-electron chi connectivity index (χ3n) is 1.69. The molecule has 0 amide bonds. The fourth-order valence-corrected chi connectivity index (χ4v) is 1.01. The zero-order chi connectivity index (χ0) is 10.2. The highest BCUT2D eigenvalue weighted by Crippen LogP contribution is 2.10. The van der Waals surface area contributed by atoms with Gasteiger partial charge in [-0.1, -0.05) is 5.92 Å². The number of nitrogens with two attached hydrogens (primary N) is 1. The Morgan fingerprint density at radius 3 is 2.62 bits per heavy atom. The van der Waals surface area contributed by atoms with Crippen molar-refractivity contribution in [2.24, 2.45) is 5.73 Å². The summed E-state index contributed by atoms with van der Waals surface area (Å²) in [6, 6.07) is 0. The molecule has 0 aliphatic heterocycles. The van der Waals surface area contributed by atoms with Crippen LogP contribution in [0.15, 0.2) is 0 Å². The molecule has 0 fully saturated rings. The third kappa shape index (κ3) is 7.40. The molecule has 0 saturated carbocycles. The first-order valence-corrected chi connectivity index (χ1v) is 4.36. The van der Waals surface area contributed by atoms with Gasteiger partial charge in [-0.3, -0.25) is 0 Å². The van der Waals surface area contributed by atoms with Crippen LogP contribution in [-0.2, 0) is 4.74 Å². The van der Waals surface area contributed by atoms with E-state index < -0.39 is 0 Å². The van der Waals surface area contributed by atoms with Gasteiger partial charge < -0.3 is 10.5 Å². The van der Waals surface area contributed by atoms with Crippen LogP contribution in [0.1, 0.15) is 26.2 Å². The maximum absolute atomic E-state index is 5.94. The molecule has 2 N–H and O–H groups in total. The molecule has 72 valence electrons. The summed E-state index contributed by atoms with van der Waals surface area (Å²) in [5.41, 5.74) is 5.62. The van der Waals surface area contributed by atoms with Crippen LogP contribution in [-0.4, -0.2) is 18.8 Å². The molecule has 2 nitrogen and oxygen atoms in total. The Kier molecular flexibility index (Phi) is 6.06. The SMILES string of the molecule is C#CCCCC(C)(N)COCC#C. The Morgan fingerprint density at radius 1 is 1.38 bits per heavy atom. The van der Waals surface area contributed by atoms with Crippen LogP contribution in [0.2, 0.25) is 0 Å². The van der Waals surface area contributed by atoms with Gasteiger partial charge in [-0.2, -0.15) is 0 Å². The first-order chi connectivity index (χ1) is 6.12. The van der Waals surface area contributed by atoms with E-state index in [2.05, 4.69) is 11.8 Å². The van der Waals surface area contributed by atoms with Crippen LogP contribution in [0, 0.1) is 24.7 Å². The largest absolute Gasteiger partial charge is 0.367 e. The Morgan fingerprint density at radius 2 is 2.08 bits per heavy atom. The molecule has 0 aromatic rings. The van der Waals surface area contributed by atoms with E-state index in [9.17, 15) is 0 Å². The maximum atomic E-state index is 5.94. The number of hydrogen-bond donors (Lipinski definition) is 1. The molecule has 0 aliphatic rings. The fourth-order valence-electron chi connectivity index (χ4n) is 1.01. The van der Waals surface area contributed by atoms with Gasteiger partial charge in [-0.05, 0) is 19.8 Å². The van der Waals surface area contributed by atoms with Crippen molar-refractivity contribution in [2.45, 2.75) is 31.7 Å². The highest BCUT2D eigenvalue weighted by Gasteiger charge is 2.17. The number of terminal acetylenes is 2. The third-order valence-corrected chi connectivity index (χ3v) is 1.69. The van der Waals surface area contributed by atoms with Crippen molar-refractivity contribution >= 4 is 0 Å². The number of ether oxygens (including phenoxy) is 1. The standard InChI is InChI=1S/C11H17NO/c1-4-6-7-8-11(3,12)10-13-9-5-2/h1-2H,6-10,12H2,3H3. The minimum absolute atomic E-state index is 0.312. The summed E-state index contributed by atoms with van der Waals surface area (Å²) in [4.78, 5) is 0. The average molecular weight is 179 g/mol. The Bertz CT molecular complexity index is 185. The summed E-state index contributed by atoms with van der Waals surface area (Å²) in [6.07, 6.45) is 12.7. The quantitative estimate of drug-likeness (QED) is 0.490. The molecule has 0 saturated heterocycles. The minimum Gasteiger partial charge on any atom is -0.367 e. The predicted molar refractivity (Wildman–Crippen MR) is 54.9 cm³/mol. The second-order valence-corrected chi connectivity index (χ2v) is 3.41. The van der Waals surface area contributed by atoms with Crippen LogP contribution < -0.4 is 5.73 Å². The minimum atomic E-state index is -0.312. The molecule has 13 heavy (non-hydrogen) atoms. The number of unbranched alkanes of at least 4 members (excludes halogenated alkanes) is 1. The van der Waals surface area contributed by atoms with E-state index in [4.69, 9.17) is 23.3 Å². The molecule has 1 unspecified atom stereocenters. The predicted octanol–water partition coefficient (Wildman–Crippen LogP) is 1.16. The summed E-state index contributed by atoms with van der Waals surface area (Å²) in [5, 5.41) is 0. The lowest BCUT2D eigenvalue weighted by Crippen LogP contribution is -2.41. The van der Waals surface area contributed by atoms with E-state index in [1.54, 1.807) is 0 Å². The van der Waals surface area contributed by atoms with Crippen LogP contribution in [0.4, 0.5) is 0 Å². The normalized spacial score (nSPS) is 14.2. The lowest BCUT2D eigenvalue weighted by molar-refractivity contribution is 0.112. The zero-order valence-electron chi connectivity index (χ0n) is 8.18. The van der Waals surface area contributed by atoms with E-state index in [0.29, 0.717) is 13.2 Å². The van der Waals surface area contributed by atoms with Gasteiger partial charge in [-0.25, -0.2) is 0 Å². The molecule has 2 heteroatoms. The fraction of sp³-hybridized carbons (Fsp3) is 0.636. The van der Waals surface area contributed by atoms with Gasteiger partial charge in [0.25, 0.3) is 0 Å². The summed E-state index contributed by atoms with van der Waals surface area (Å²) in [7, 11) is 0. The van der Waals surface area contributed by atoms with Crippen molar-refractivity contribution in [1.82, 2.24) is 0 Å². The molecular formula is C11H17NO. The Balaban J connectivity index is 3.56. The molecule has 0 aromatic heterocycles. The van der Waals surface area contributed by atoms with Gasteiger partial charge in [0, 0.05) is 12.0 Å². The highest BCUT2D eigenvalue weighted by atomic mass is 16.5. The van der Waals surface area contributed by atoms with Crippen molar-refractivity contribution in [3.05, 3.63) is 0 Å². The second-order valence-electron chi connectivity index (χ2n) is 3.41. The monoisotopic (exact) mass is 179 g/mol. The summed E-state index contributed by atoms with van der Waals surface area (Å²) in [5.74, 6) is 4.98. The van der Waals surface area contributed by atoms with Crippen LogP contribution in [0.5, 0.6) is 0 Å². The van der Waals surface area contributed by atoms with E-state index in [1.165, 1.54) is 0 Å². The van der Waals surface area contributed by atoms with Gasteiger partial charge in [0.05, 0.1) is 6.61 Å². The molecule has 0 radical (unpaired) electrons. The van der Waals surface area contributed by atoms with Crippen molar-refractivity contribution < 1.29 is 4.74 Å². The van der Waals surface area contributed by atoms with Crippen LogP contribution in [0.25, 0.3) is 0 Å². The van der Waals surface area contributed by atoms with Crippen LogP contribution in [0.3, 0.4) is 0 Å². The van der Waals surface area contributed by atoms with Gasteiger partial charge >= 0.3 is 0 Å². The first kappa shape index (κ1) is 12.0. The molecule has 0 rings (SSSR count). The summed E-state index contributed by atoms with van der Waals surface area (Å²) >= 11 is 0. The van der Waals surface area contributed by atoms with Crippen molar-refractivity contribution in [2.75, 3.05) is 13.2 Å². The van der Waals surface area contributed by atoms with Crippen molar-refractivity contribution in [3.8, 4) is 24.7 Å². The van der Waals surface area contributed by atoms with Gasteiger partial charge in [0.15, 0.2) is 0 Å². The first-order valence-electron chi connectivity index (χ1n) is 4.36. The van der Waals surface area contributed by atoms with E-state index in [1.807, 2.05) is 6.92 Å². The van der Waals surface area contributed by atoms with Crippen LogP contribution >= 0.6 is 0 Å². The maximum Gasteiger partial charge on any atom is 0.107 e. The smallest absolute Gasteiger partial charge is 0.107 e. The number of rotatable bonds is 6. The van der Waals surface area contributed by atoms with E-state index in [-0.39, 0.29) is 5.54 Å². The van der Waals surface area contributed by atoms with Crippen molar-refractivity contribution in [3.63, 3.8) is 0 Å². The topological polar surface area (TPSA) is 35.2 Å². The summed E-state index contributed by atoms with van der Waals surface area (Å²) < 4.78 is 5.17. The number of hydrogen-bond acceptors (Lipinski definition) is 2. The molecular weight excluding hydrogens is 162 g/mol. The molecule has 0 spiro atoms. The van der Waals surface area contributed by atoms with E-state index >= 15 is 0 Å². The summed E-state index contributed by atoms with van der Waals surface area (Å²) in [6.45, 7) is 2.75. The van der Waals surface area contributed by atoms with E-state index in [0.717, 1.165) is 19.3 Å². The molecule has 1 atom stereocenters. The average Bonchev–Trinajstić information content (AvgIpc) is 2.05. The van der Waals surface area contributed by atoms with Gasteiger partial charge in [0.1, 0.15) is 6.61 Å². The van der Waals surface area contributed by atoms with Gasteiger partial charge in [0.2, 0.25) is 0 Å².